The van der Waals surface area contributed by atoms with Gasteiger partial charge in [0, 0.05) is 49.8 Å². The minimum Gasteiger partial charge on any atom is -0.379 e. The molecular formula is C23H31N5OS. The lowest BCUT2D eigenvalue weighted by Crippen LogP contribution is -2.42. The van der Waals surface area contributed by atoms with Gasteiger partial charge in [0.25, 0.3) is 0 Å². The molecular weight excluding hydrogens is 394 g/mol. The summed E-state index contributed by atoms with van der Waals surface area (Å²) < 4.78 is 8.05. The van der Waals surface area contributed by atoms with E-state index >= 15 is 0 Å². The van der Waals surface area contributed by atoms with Crippen molar-refractivity contribution in [3.05, 3.63) is 53.1 Å². The van der Waals surface area contributed by atoms with Crippen LogP contribution in [0.5, 0.6) is 0 Å². The summed E-state index contributed by atoms with van der Waals surface area (Å²) in [5.41, 5.74) is 5.17. The molecule has 2 aromatic heterocycles. The second-order valence-electron chi connectivity index (χ2n) is 8.70. The zero-order chi connectivity index (χ0) is 20.7. The molecule has 4 heterocycles. The summed E-state index contributed by atoms with van der Waals surface area (Å²) in [4.78, 5) is 9.55. The van der Waals surface area contributed by atoms with Crippen LogP contribution in [0.2, 0.25) is 0 Å². The molecule has 3 aliphatic rings. The van der Waals surface area contributed by atoms with Crippen molar-refractivity contribution in [2.75, 3.05) is 39.4 Å². The van der Waals surface area contributed by atoms with Crippen molar-refractivity contribution >= 4 is 17.3 Å². The Labute approximate surface area is 184 Å². The van der Waals surface area contributed by atoms with Gasteiger partial charge in [0.2, 0.25) is 0 Å². The Morgan fingerprint density at radius 2 is 1.97 bits per heavy atom. The van der Waals surface area contributed by atoms with Gasteiger partial charge in [-0.05, 0) is 62.7 Å². The van der Waals surface area contributed by atoms with Gasteiger partial charge in [-0.2, -0.15) is 0 Å². The van der Waals surface area contributed by atoms with Crippen LogP contribution in [0.1, 0.15) is 53.6 Å². The number of aryl methyl sites for hydroxylation is 1. The van der Waals surface area contributed by atoms with Gasteiger partial charge in [0.15, 0.2) is 5.11 Å². The highest BCUT2D eigenvalue weighted by molar-refractivity contribution is 7.80. The maximum Gasteiger partial charge on any atom is 0.170 e. The number of rotatable bonds is 6. The maximum atomic E-state index is 5.85. The van der Waals surface area contributed by atoms with Crippen molar-refractivity contribution in [3.63, 3.8) is 0 Å². The van der Waals surface area contributed by atoms with Crippen LogP contribution in [0.15, 0.2) is 30.5 Å². The van der Waals surface area contributed by atoms with Crippen molar-refractivity contribution in [2.45, 2.75) is 44.8 Å². The molecule has 0 radical (unpaired) electrons. The predicted molar refractivity (Wildman–Crippen MR) is 122 cm³/mol. The number of ether oxygens (including phenoxy) is 1. The van der Waals surface area contributed by atoms with Gasteiger partial charge in [0.05, 0.1) is 31.0 Å². The Morgan fingerprint density at radius 3 is 2.67 bits per heavy atom. The molecule has 2 aromatic rings. The molecule has 0 unspecified atom stereocenters. The van der Waals surface area contributed by atoms with E-state index in [2.05, 4.69) is 56.7 Å². The number of hydrogen-bond donors (Lipinski definition) is 1. The molecule has 5 rings (SSSR count). The van der Waals surface area contributed by atoms with Gasteiger partial charge < -0.3 is 19.5 Å². The third-order valence-electron chi connectivity index (χ3n) is 6.71. The smallest absolute Gasteiger partial charge is 0.170 e. The molecule has 0 aromatic carbocycles. The summed E-state index contributed by atoms with van der Waals surface area (Å²) in [5.74, 6) is 0. The Bertz CT molecular complexity index is 904. The number of nitrogens with one attached hydrogen (secondary N) is 1. The highest BCUT2D eigenvalue weighted by Gasteiger charge is 2.42. The lowest BCUT2D eigenvalue weighted by atomic mass is 9.97. The topological polar surface area (TPSA) is 45.6 Å². The quantitative estimate of drug-likeness (QED) is 0.718. The minimum atomic E-state index is 0.0662. The molecule has 1 aliphatic carbocycles. The molecule has 6 nitrogen and oxygen atoms in total. The van der Waals surface area contributed by atoms with Crippen LogP contribution in [-0.4, -0.2) is 63.9 Å². The highest BCUT2D eigenvalue weighted by atomic mass is 32.1. The zero-order valence-electron chi connectivity index (χ0n) is 17.9. The van der Waals surface area contributed by atoms with Gasteiger partial charge >= 0.3 is 0 Å². The van der Waals surface area contributed by atoms with Crippen LogP contribution in [0.4, 0.5) is 0 Å². The van der Waals surface area contributed by atoms with Crippen molar-refractivity contribution in [1.82, 2.24) is 24.7 Å². The van der Waals surface area contributed by atoms with Gasteiger partial charge in [-0.25, -0.2) is 0 Å². The molecule has 0 spiro atoms. The largest absolute Gasteiger partial charge is 0.379 e. The van der Waals surface area contributed by atoms with Crippen molar-refractivity contribution in [1.29, 1.82) is 0 Å². The minimum absolute atomic E-state index is 0.0662. The highest BCUT2D eigenvalue weighted by Crippen LogP contribution is 2.44. The average Bonchev–Trinajstić information content (AvgIpc) is 3.48. The van der Waals surface area contributed by atoms with E-state index in [9.17, 15) is 0 Å². The van der Waals surface area contributed by atoms with Crippen LogP contribution in [0.25, 0.3) is 0 Å². The maximum absolute atomic E-state index is 5.85. The first-order valence-corrected chi connectivity index (χ1v) is 11.5. The van der Waals surface area contributed by atoms with Crippen LogP contribution >= 0.6 is 12.2 Å². The normalized spacial score (nSPS) is 25.0. The molecule has 1 saturated carbocycles. The van der Waals surface area contributed by atoms with E-state index in [0.717, 1.165) is 50.2 Å². The third-order valence-corrected chi connectivity index (χ3v) is 7.07. The Balaban J connectivity index is 1.47. The molecule has 0 amide bonds. The van der Waals surface area contributed by atoms with E-state index in [0.29, 0.717) is 6.04 Å². The molecule has 3 fully saturated rings. The zero-order valence-corrected chi connectivity index (χ0v) is 18.7. The van der Waals surface area contributed by atoms with Gasteiger partial charge in [0.1, 0.15) is 0 Å². The monoisotopic (exact) mass is 425 g/mol. The van der Waals surface area contributed by atoms with Gasteiger partial charge in [-0.15, -0.1) is 0 Å². The summed E-state index contributed by atoms with van der Waals surface area (Å²) in [7, 11) is 0. The number of nitrogens with zero attached hydrogens (tertiary/aromatic N) is 4. The molecule has 2 aliphatic heterocycles. The molecule has 1 N–H and O–H groups in total. The Kier molecular flexibility index (Phi) is 5.52. The Hall–Kier alpha value is -1.96. The van der Waals surface area contributed by atoms with Crippen LogP contribution < -0.4 is 5.32 Å². The molecule has 7 heteroatoms. The summed E-state index contributed by atoms with van der Waals surface area (Å²) >= 11 is 5.85. The van der Waals surface area contributed by atoms with Crippen LogP contribution in [0.3, 0.4) is 0 Å². The summed E-state index contributed by atoms with van der Waals surface area (Å²) in [6.45, 7) is 10.1. The first-order chi connectivity index (χ1) is 14.6. The summed E-state index contributed by atoms with van der Waals surface area (Å²) in [6.07, 6.45) is 4.46. The number of hydrogen-bond acceptors (Lipinski definition) is 4. The molecule has 2 saturated heterocycles. The molecule has 30 heavy (non-hydrogen) atoms. The number of aromatic nitrogens is 2. The third kappa shape index (κ3) is 3.74. The van der Waals surface area contributed by atoms with Crippen molar-refractivity contribution < 1.29 is 4.74 Å². The van der Waals surface area contributed by atoms with E-state index in [4.69, 9.17) is 17.0 Å². The average molecular weight is 426 g/mol. The number of pyridine rings is 1. The number of thiocarbonyl (C=S) groups is 1. The van der Waals surface area contributed by atoms with E-state index in [1.165, 1.54) is 29.8 Å². The number of morpholine rings is 1. The summed E-state index contributed by atoms with van der Waals surface area (Å²) in [5, 5.41) is 4.43. The van der Waals surface area contributed by atoms with E-state index < -0.39 is 0 Å². The standard InChI is InChI=1S/C23H31N5OS/c1-16-15-19(17(2)28(16)18-6-7-18)22-21(20-5-3-4-8-24-20)25-23(30)27(22)10-9-26-11-13-29-14-12-26/h3-5,8,15,18,21-22H,6-7,9-14H2,1-2H3,(H,25,30)/t21-,22-/m0/s1. The lowest BCUT2D eigenvalue weighted by molar-refractivity contribution is 0.0350. The van der Waals surface area contributed by atoms with E-state index in [1.807, 2.05) is 12.3 Å². The first-order valence-electron chi connectivity index (χ1n) is 11.1. The van der Waals surface area contributed by atoms with Crippen LogP contribution in [0, 0.1) is 13.8 Å². The molecule has 160 valence electrons. The Morgan fingerprint density at radius 1 is 1.17 bits per heavy atom. The van der Waals surface area contributed by atoms with Crippen molar-refractivity contribution in [2.24, 2.45) is 0 Å². The fourth-order valence-electron chi connectivity index (χ4n) is 5.06. The second-order valence-corrected chi connectivity index (χ2v) is 9.09. The van der Waals surface area contributed by atoms with Crippen molar-refractivity contribution in [3.8, 4) is 0 Å². The van der Waals surface area contributed by atoms with E-state index in [1.54, 1.807) is 0 Å². The predicted octanol–water partition coefficient (Wildman–Crippen LogP) is 3.14. The second kappa shape index (κ2) is 8.29. The van der Waals surface area contributed by atoms with Crippen LogP contribution in [-0.2, 0) is 4.74 Å². The fourth-order valence-corrected chi connectivity index (χ4v) is 5.39. The van der Waals surface area contributed by atoms with Gasteiger partial charge in [-0.3, -0.25) is 9.88 Å². The molecule has 2 atom stereocenters. The lowest BCUT2D eigenvalue weighted by Gasteiger charge is -2.32. The van der Waals surface area contributed by atoms with E-state index in [-0.39, 0.29) is 12.1 Å². The summed E-state index contributed by atoms with van der Waals surface area (Å²) in [6, 6.07) is 9.43. The SMILES string of the molecule is Cc1cc([C@H]2[C@H](c3ccccn3)NC(=S)N2CCN2CCOCC2)c(C)n1C1CC1. The first kappa shape index (κ1) is 20.0. The molecule has 0 bridgehead atoms. The van der Waals surface area contributed by atoms with Gasteiger partial charge in [-0.1, -0.05) is 6.07 Å². The fraction of sp³-hybridized carbons (Fsp3) is 0.565.